The summed E-state index contributed by atoms with van der Waals surface area (Å²) >= 11 is 3.76. The fourth-order valence-corrected chi connectivity index (χ4v) is 9.94. The van der Waals surface area contributed by atoms with E-state index in [1.54, 1.807) is 41.1 Å². The maximum absolute atomic E-state index is 15.3. The molecule has 3 aliphatic heterocycles. The number of para-hydroxylation sites is 1. The molecule has 15 heteroatoms. The van der Waals surface area contributed by atoms with Gasteiger partial charge in [0.15, 0.2) is 0 Å². The molecule has 3 aliphatic rings. The van der Waals surface area contributed by atoms with Gasteiger partial charge in [0.2, 0.25) is 17.7 Å². The van der Waals surface area contributed by atoms with Crippen LogP contribution in [0.15, 0.2) is 110 Å². The second-order valence-electron chi connectivity index (χ2n) is 15.2. The second-order valence-corrected chi connectivity index (χ2v) is 16.4. The van der Waals surface area contributed by atoms with Gasteiger partial charge in [0.1, 0.15) is 29.9 Å². The molecule has 0 radical (unpaired) electrons. The molecule has 0 saturated carbocycles. The summed E-state index contributed by atoms with van der Waals surface area (Å²) in [6, 6.07) is 22.9. The number of hydrogen-bond donors (Lipinski definition) is 2. The Morgan fingerprint density at radius 3 is 2.47 bits per heavy atom. The molecule has 2 N–H and O–H groups in total. The highest BCUT2D eigenvalue weighted by atomic mass is 79.9. The Balaban J connectivity index is 1.27. The zero-order valence-electron chi connectivity index (χ0n) is 32.8. The Bertz CT molecular complexity index is 2150. The maximum Gasteiger partial charge on any atom is 0.313 e. The van der Waals surface area contributed by atoms with Crippen LogP contribution in [0.3, 0.4) is 0 Å². The molecule has 1 spiro atoms. The third kappa shape index (κ3) is 8.21. The number of benzene rings is 3. The first-order chi connectivity index (χ1) is 28.6. The predicted molar refractivity (Wildman–Crippen MR) is 222 cm³/mol. The first-order valence-corrected chi connectivity index (χ1v) is 20.7. The summed E-state index contributed by atoms with van der Waals surface area (Å²) < 4.78 is 20.4. The topological polar surface area (TPSA) is 165 Å². The Morgan fingerprint density at radius 1 is 1.07 bits per heavy atom. The quantitative estimate of drug-likeness (QED) is 0.0796. The number of carbonyl (C=O) groups excluding carboxylic acids is 4. The highest BCUT2D eigenvalue weighted by molar-refractivity contribution is 9.09. The molecule has 4 aromatic rings. The van der Waals surface area contributed by atoms with Gasteiger partial charge < -0.3 is 34.4 Å². The number of allylic oxidation sites excluding steroid dienone is 1. The number of carbonyl (C=O) groups is 4. The van der Waals surface area contributed by atoms with Crippen molar-refractivity contribution in [3.8, 4) is 0 Å². The number of nitrogens with one attached hydrogen (secondary N) is 1. The van der Waals surface area contributed by atoms with E-state index >= 15 is 9.59 Å². The molecule has 3 saturated heterocycles. The Morgan fingerprint density at radius 2 is 1.78 bits per heavy atom. The molecule has 7 rings (SSSR count). The number of halogens is 1. The largest absolute Gasteiger partial charge is 0.455 e. The SMILES string of the molecule is C=CCCC(=O)N[C@@H](COC)[C@@H](OC(=O)[C@H]1[C@@H]2O[C@@]3(CC2Br)[C@@H]1C(=O)N([C@@H](CO)Cc1ccccc1)[C@@H]3C(=O)N(CC=C)Cn1nnc2ccccc21)c1ccccc1. The van der Waals surface area contributed by atoms with Gasteiger partial charge in [-0.25, -0.2) is 4.68 Å². The van der Waals surface area contributed by atoms with Crippen LogP contribution in [0.1, 0.15) is 36.5 Å². The van der Waals surface area contributed by atoms with Crippen LogP contribution >= 0.6 is 15.9 Å². The van der Waals surface area contributed by atoms with Crippen molar-refractivity contribution < 1.29 is 38.5 Å². The van der Waals surface area contributed by atoms with Crippen molar-refractivity contribution in [2.24, 2.45) is 11.8 Å². The lowest BCUT2D eigenvalue weighted by Gasteiger charge is -2.39. The maximum atomic E-state index is 15.3. The lowest BCUT2D eigenvalue weighted by molar-refractivity contribution is -0.163. The molecular formula is C44H49BrN6O8. The van der Waals surface area contributed by atoms with Crippen molar-refractivity contribution in [2.75, 3.05) is 26.9 Å². The number of likely N-dealkylation sites (tertiary alicyclic amines) is 1. The Hall–Kier alpha value is -5.22. The summed E-state index contributed by atoms with van der Waals surface area (Å²) in [7, 11) is 1.49. The molecule has 1 aromatic heterocycles. The minimum Gasteiger partial charge on any atom is -0.455 e. The van der Waals surface area contributed by atoms with Gasteiger partial charge in [0, 0.05) is 24.9 Å². The van der Waals surface area contributed by atoms with Crippen LogP contribution < -0.4 is 5.32 Å². The minimum atomic E-state index is -1.47. The number of ether oxygens (including phenoxy) is 3. The molecule has 310 valence electrons. The summed E-state index contributed by atoms with van der Waals surface area (Å²) in [5.74, 6) is -4.21. The number of hydrogen-bond acceptors (Lipinski definition) is 10. The van der Waals surface area contributed by atoms with E-state index in [2.05, 4.69) is 44.7 Å². The van der Waals surface area contributed by atoms with E-state index in [0.29, 0.717) is 23.0 Å². The van der Waals surface area contributed by atoms with Crippen LogP contribution in [0, 0.1) is 11.8 Å². The zero-order valence-corrected chi connectivity index (χ0v) is 34.4. The van der Waals surface area contributed by atoms with Crippen LogP contribution in [-0.2, 0) is 46.5 Å². The second kappa shape index (κ2) is 18.4. The highest BCUT2D eigenvalue weighted by Gasteiger charge is 2.77. The van der Waals surface area contributed by atoms with Crippen LogP contribution in [-0.4, -0.2) is 115 Å². The Labute approximate surface area is 351 Å². The Kier molecular flexibility index (Phi) is 13.0. The van der Waals surface area contributed by atoms with Gasteiger partial charge in [0.05, 0.1) is 48.8 Å². The van der Waals surface area contributed by atoms with E-state index in [-0.39, 0.29) is 45.0 Å². The summed E-state index contributed by atoms with van der Waals surface area (Å²) in [5, 5.41) is 22.6. The average Bonchev–Trinajstić information content (AvgIpc) is 3.98. The number of methoxy groups -OCH3 is 1. The van der Waals surface area contributed by atoms with Crippen LogP contribution in [0.5, 0.6) is 0 Å². The van der Waals surface area contributed by atoms with Crippen LogP contribution in [0.2, 0.25) is 0 Å². The number of rotatable bonds is 19. The predicted octanol–water partition coefficient (Wildman–Crippen LogP) is 4.14. The molecule has 0 aliphatic carbocycles. The zero-order chi connectivity index (χ0) is 41.7. The van der Waals surface area contributed by atoms with Gasteiger partial charge in [-0.05, 0) is 42.5 Å². The number of amides is 3. The fourth-order valence-electron chi connectivity index (χ4n) is 9.00. The van der Waals surface area contributed by atoms with E-state index in [1.807, 2.05) is 60.7 Å². The number of aliphatic hydroxyl groups is 1. The molecule has 59 heavy (non-hydrogen) atoms. The number of aliphatic hydroxyl groups excluding tert-OH is 1. The minimum absolute atomic E-state index is 0.0159. The third-order valence-electron chi connectivity index (χ3n) is 11.5. The summed E-state index contributed by atoms with van der Waals surface area (Å²) in [6.45, 7) is 7.26. The molecule has 4 heterocycles. The van der Waals surface area contributed by atoms with Crippen molar-refractivity contribution >= 4 is 50.7 Å². The molecule has 3 aromatic carbocycles. The molecule has 9 atom stereocenters. The van der Waals surface area contributed by atoms with E-state index < -0.39 is 77.0 Å². The lowest BCUT2D eigenvalue weighted by Crippen LogP contribution is -2.59. The third-order valence-corrected chi connectivity index (χ3v) is 12.4. The van der Waals surface area contributed by atoms with Gasteiger partial charge in [-0.15, -0.1) is 18.3 Å². The normalized spacial score (nSPS) is 24.6. The van der Waals surface area contributed by atoms with E-state index in [4.69, 9.17) is 14.2 Å². The number of fused-ring (bicyclic) bond motifs is 2. The van der Waals surface area contributed by atoms with E-state index in [9.17, 15) is 14.7 Å². The number of esters is 1. The summed E-state index contributed by atoms with van der Waals surface area (Å²) in [5.41, 5.74) is 1.34. The van der Waals surface area contributed by atoms with Crippen molar-refractivity contribution in [2.45, 2.75) is 73.1 Å². The first-order valence-electron chi connectivity index (χ1n) is 19.8. The van der Waals surface area contributed by atoms with Crippen molar-refractivity contribution in [1.29, 1.82) is 0 Å². The summed E-state index contributed by atoms with van der Waals surface area (Å²) in [4.78, 5) is 61.0. The molecule has 3 fully saturated rings. The van der Waals surface area contributed by atoms with Crippen molar-refractivity contribution in [3.05, 3.63) is 121 Å². The number of nitrogens with zero attached hydrogens (tertiary/aromatic N) is 5. The smallest absolute Gasteiger partial charge is 0.313 e. The number of aromatic nitrogens is 3. The highest BCUT2D eigenvalue weighted by Crippen LogP contribution is 2.61. The average molecular weight is 870 g/mol. The first kappa shape index (κ1) is 41.9. The summed E-state index contributed by atoms with van der Waals surface area (Å²) in [6.07, 6.45) is 2.51. The standard InChI is InChI=1S/C44H49BrN6O8/c1-4-6-21-35(53)46-33(26-57-3)38(29-17-11-8-12-18-29)58-43(56)36-37-41(54)51(30(25-52)23-28-15-9-7-10-16-28)40(44(37)24-31(45)39(36)59-44)42(55)49(22-5-2)27-50-34-20-14-13-19-32(34)47-48-50/h4-5,7-20,30-31,33,36-40,52H,1-2,6,21-27H2,3H3,(H,46,53)/t30-,31?,33+,36-,37+,38+,39-,40-,44+/m1/s1. The van der Waals surface area contributed by atoms with Gasteiger partial charge in [-0.1, -0.05) is 106 Å². The van der Waals surface area contributed by atoms with E-state index in [1.165, 1.54) is 16.9 Å². The number of alkyl halides is 1. The molecule has 3 amide bonds. The van der Waals surface area contributed by atoms with Crippen molar-refractivity contribution in [3.63, 3.8) is 0 Å². The molecule has 14 nitrogen and oxygen atoms in total. The molecular weight excluding hydrogens is 820 g/mol. The van der Waals surface area contributed by atoms with Crippen LogP contribution in [0.4, 0.5) is 0 Å². The lowest BCUT2D eigenvalue weighted by atomic mass is 9.70. The van der Waals surface area contributed by atoms with Gasteiger partial charge in [0.25, 0.3) is 0 Å². The fraction of sp³-hybridized carbons (Fsp3) is 0.409. The van der Waals surface area contributed by atoms with E-state index in [0.717, 1.165) is 5.56 Å². The monoisotopic (exact) mass is 868 g/mol. The van der Waals surface area contributed by atoms with Gasteiger partial charge >= 0.3 is 5.97 Å². The molecule has 2 bridgehead atoms. The van der Waals surface area contributed by atoms with Crippen LogP contribution in [0.25, 0.3) is 11.0 Å². The van der Waals surface area contributed by atoms with Crippen molar-refractivity contribution in [1.82, 2.24) is 30.1 Å². The molecule has 1 unspecified atom stereocenters. The van der Waals surface area contributed by atoms with Gasteiger partial charge in [-0.2, -0.15) is 0 Å². The van der Waals surface area contributed by atoms with Gasteiger partial charge in [-0.3, -0.25) is 19.2 Å².